The molecule has 4 aromatic rings. The summed E-state index contributed by atoms with van der Waals surface area (Å²) in [5.41, 5.74) is 1.09. The van der Waals surface area contributed by atoms with Crippen LogP contribution in [0.25, 0.3) is 11.0 Å². The molecular formula is C24H18ClNO5. The van der Waals surface area contributed by atoms with E-state index in [1.54, 1.807) is 41.5 Å². The Balaban J connectivity index is 1.73. The second kappa shape index (κ2) is 7.63. The van der Waals surface area contributed by atoms with Gasteiger partial charge in [0.15, 0.2) is 5.43 Å². The van der Waals surface area contributed by atoms with Gasteiger partial charge in [-0.2, -0.15) is 0 Å². The lowest BCUT2D eigenvalue weighted by Crippen LogP contribution is -2.29. The largest absolute Gasteiger partial charge is 0.494 e. The third-order valence-corrected chi connectivity index (χ3v) is 5.55. The highest BCUT2D eigenvalue weighted by Crippen LogP contribution is 2.40. The molecule has 0 saturated carbocycles. The Kier molecular flexibility index (Phi) is 4.79. The molecule has 5 rings (SSSR count). The maximum Gasteiger partial charge on any atom is 0.291 e. The minimum absolute atomic E-state index is 0.0400. The smallest absolute Gasteiger partial charge is 0.291 e. The van der Waals surface area contributed by atoms with Crippen molar-refractivity contribution in [3.63, 3.8) is 0 Å². The summed E-state index contributed by atoms with van der Waals surface area (Å²) in [5.74, 6) is 0.935. The molecule has 0 spiro atoms. The predicted molar refractivity (Wildman–Crippen MR) is 116 cm³/mol. The molecule has 31 heavy (non-hydrogen) atoms. The fourth-order valence-electron chi connectivity index (χ4n) is 4.01. The Hall–Kier alpha value is -3.51. The van der Waals surface area contributed by atoms with Gasteiger partial charge in [-0.3, -0.25) is 9.59 Å². The van der Waals surface area contributed by atoms with E-state index < -0.39 is 6.04 Å². The Morgan fingerprint density at radius 1 is 1.10 bits per heavy atom. The lowest BCUT2D eigenvalue weighted by Gasteiger charge is -2.24. The van der Waals surface area contributed by atoms with Crippen molar-refractivity contribution in [2.24, 2.45) is 0 Å². The normalized spacial score (nSPS) is 15.5. The predicted octanol–water partition coefficient (Wildman–Crippen LogP) is 5.18. The van der Waals surface area contributed by atoms with Crippen molar-refractivity contribution < 1.29 is 18.4 Å². The Morgan fingerprint density at radius 3 is 2.74 bits per heavy atom. The number of ether oxygens (including phenoxy) is 1. The second-order valence-electron chi connectivity index (χ2n) is 7.23. The summed E-state index contributed by atoms with van der Waals surface area (Å²) in [6.45, 7) is 2.59. The van der Waals surface area contributed by atoms with Crippen molar-refractivity contribution in [3.8, 4) is 5.75 Å². The second-order valence-corrected chi connectivity index (χ2v) is 7.67. The van der Waals surface area contributed by atoms with Crippen LogP contribution < -0.4 is 10.2 Å². The first kappa shape index (κ1) is 19.5. The molecule has 156 valence electrons. The minimum Gasteiger partial charge on any atom is -0.494 e. The van der Waals surface area contributed by atoms with E-state index >= 15 is 0 Å². The molecule has 1 aliphatic heterocycles. The van der Waals surface area contributed by atoms with Crippen molar-refractivity contribution in [1.82, 2.24) is 4.90 Å². The van der Waals surface area contributed by atoms with Crippen molar-refractivity contribution in [3.05, 3.63) is 98.8 Å². The average molecular weight is 436 g/mol. The van der Waals surface area contributed by atoms with Gasteiger partial charge < -0.3 is 18.5 Å². The highest BCUT2D eigenvalue weighted by molar-refractivity contribution is 6.31. The topological polar surface area (TPSA) is 72.9 Å². The number of nitrogens with zero attached hydrogens (tertiary/aromatic N) is 1. The Bertz CT molecular complexity index is 1340. The molecular weight excluding hydrogens is 418 g/mol. The molecule has 2 aromatic heterocycles. The van der Waals surface area contributed by atoms with Crippen LogP contribution in [0, 0.1) is 0 Å². The zero-order valence-corrected chi connectivity index (χ0v) is 17.4. The van der Waals surface area contributed by atoms with Gasteiger partial charge in [-0.25, -0.2) is 0 Å². The van der Waals surface area contributed by atoms with Gasteiger partial charge in [-0.1, -0.05) is 23.7 Å². The van der Waals surface area contributed by atoms with E-state index in [1.807, 2.05) is 31.2 Å². The van der Waals surface area contributed by atoms with Crippen molar-refractivity contribution in [2.45, 2.75) is 19.5 Å². The van der Waals surface area contributed by atoms with E-state index in [9.17, 15) is 9.59 Å². The van der Waals surface area contributed by atoms with Crippen LogP contribution in [0.15, 0.2) is 74.5 Å². The van der Waals surface area contributed by atoms with Crippen LogP contribution in [0.3, 0.4) is 0 Å². The van der Waals surface area contributed by atoms with Crippen LogP contribution >= 0.6 is 11.6 Å². The van der Waals surface area contributed by atoms with Crippen molar-refractivity contribution in [1.29, 1.82) is 0 Å². The van der Waals surface area contributed by atoms with Crippen LogP contribution in [0.1, 0.15) is 40.4 Å². The van der Waals surface area contributed by atoms with Crippen LogP contribution in [0.4, 0.5) is 0 Å². The first-order valence-electron chi connectivity index (χ1n) is 9.89. The summed E-state index contributed by atoms with van der Waals surface area (Å²) in [4.78, 5) is 28.5. The summed E-state index contributed by atoms with van der Waals surface area (Å²) in [6.07, 6.45) is 1.55. The molecule has 0 fully saturated rings. The SMILES string of the molecule is CCOc1cccc(C2c3c(oc4ccc(Cl)cc4c3=O)C(=O)N2Cc2ccco2)c1. The molecule has 1 atom stereocenters. The fourth-order valence-corrected chi connectivity index (χ4v) is 4.19. The van der Waals surface area contributed by atoms with Crippen molar-refractivity contribution >= 4 is 28.5 Å². The van der Waals surface area contributed by atoms with Crippen molar-refractivity contribution in [2.75, 3.05) is 6.61 Å². The van der Waals surface area contributed by atoms with E-state index in [-0.39, 0.29) is 23.6 Å². The van der Waals surface area contributed by atoms with E-state index in [0.717, 1.165) is 5.56 Å². The van der Waals surface area contributed by atoms with Gasteiger partial charge in [0, 0.05) is 5.02 Å². The number of hydrogen-bond donors (Lipinski definition) is 0. The molecule has 0 aliphatic carbocycles. The number of carbonyl (C=O) groups excluding carboxylic acids is 1. The number of amides is 1. The zero-order chi connectivity index (χ0) is 21.5. The van der Waals surface area contributed by atoms with E-state index in [0.29, 0.717) is 39.7 Å². The summed E-state index contributed by atoms with van der Waals surface area (Å²) < 4.78 is 17.0. The van der Waals surface area contributed by atoms with Gasteiger partial charge in [0.2, 0.25) is 5.76 Å². The van der Waals surface area contributed by atoms with Gasteiger partial charge in [0.1, 0.15) is 17.1 Å². The monoisotopic (exact) mass is 435 g/mol. The number of carbonyl (C=O) groups is 1. The number of rotatable bonds is 5. The fraction of sp³-hybridized carbons (Fsp3) is 0.167. The lowest BCUT2D eigenvalue weighted by molar-refractivity contribution is 0.0701. The van der Waals surface area contributed by atoms with Crippen LogP contribution in [-0.4, -0.2) is 17.4 Å². The van der Waals surface area contributed by atoms with Crippen LogP contribution in [-0.2, 0) is 6.54 Å². The molecule has 1 unspecified atom stereocenters. The molecule has 1 amide bonds. The third-order valence-electron chi connectivity index (χ3n) is 5.32. The van der Waals surface area contributed by atoms with E-state index in [4.69, 9.17) is 25.2 Å². The summed E-state index contributed by atoms with van der Waals surface area (Å²) in [7, 11) is 0. The maximum absolute atomic E-state index is 13.5. The Labute approximate surface area is 182 Å². The summed E-state index contributed by atoms with van der Waals surface area (Å²) >= 11 is 6.12. The molecule has 3 heterocycles. The first-order chi connectivity index (χ1) is 15.1. The average Bonchev–Trinajstić information content (AvgIpc) is 3.37. The molecule has 1 aliphatic rings. The standard InChI is InChI=1S/C24H18ClNO5/c1-2-29-16-6-3-5-14(11-16)21-20-22(27)18-12-15(25)8-9-19(18)31-23(20)24(28)26(21)13-17-7-4-10-30-17/h3-12,21H,2,13H2,1H3. The molecule has 0 bridgehead atoms. The molecule has 2 aromatic carbocycles. The van der Waals surface area contributed by atoms with E-state index in [2.05, 4.69) is 0 Å². The number of hydrogen-bond acceptors (Lipinski definition) is 5. The van der Waals surface area contributed by atoms with Gasteiger partial charge in [0.05, 0.1) is 36.4 Å². The molecule has 0 N–H and O–H groups in total. The first-order valence-corrected chi connectivity index (χ1v) is 10.3. The number of fused-ring (bicyclic) bond motifs is 2. The van der Waals surface area contributed by atoms with Crippen LogP contribution in [0.2, 0.25) is 5.02 Å². The maximum atomic E-state index is 13.5. The number of benzene rings is 2. The van der Waals surface area contributed by atoms with Gasteiger partial charge in [-0.05, 0) is 55.0 Å². The molecule has 7 heteroatoms. The number of furan rings is 1. The third kappa shape index (κ3) is 3.29. The zero-order valence-electron chi connectivity index (χ0n) is 16.6. The van der Waals surface area contributed by atoms with Gasteiger partial charge >= 0.3 is 0 Å². The Morgan fingerprint density at radius 2 is 1.97 bits per heavy atom. The summed E-state index contributed by atoms with van der Waals surface area (Å²) in [5, 5.41) is 0.760. The minimum atomic E-state index is -0.646. The van der Waals surface area contributed by atoms with E-state index in [1.165, 1.54) is 0 Å². The van der Waals surface area contributed by atoms with Crippen LogP contribution in [0.5, 0.6) is 5.75 Å². The van der Waals surface area contributed by atoms with Gasteiger partial charge in [0.25, 0.3) is 5.91 Å². The quantitative estimate of drug-likeness (QED) is 0.431. The van der Waals surface area contributed by atoms with Gasteiger partial charge in [-0.15, -0.1) is 0 Å². The highest BCUT2D eigenvalue weighted by atomic mass is 35.5. The highest BCUT2D eigenvalue weighted by Gasteiger charge is 2.43. The number of halogens is 1. The molecule has 6 nitrogen and oxygen atoms in total. The lowest BCUT2D eigenvalue weighted by atomic mass is 9.98. The summed E-state index contributed by atoms with van der Waals surface area (Å²) in [6, 6.07) is 15.1. The molecule has 0 saturated heterocycles. The molecule has 0 radical (unpaired) electrons.